The zero-order valence-corrected chi connectivity index (χ0v) is 6.77. The summed E-state index contributed by atoms with van der Waals surface area (Å²) in [7, 11) is 0. The number of nitrogens with two attached hydrogens (primary N) is 1. The van der Waals surface area contributed by atoms with E-state index < -0.39 is 12.2 Å². The van der Waals surface area contributed by atoms with Crippen LogP contribution < -0.4 is 5.73 Å². The van der Waals surface area contributed by atoms with Gasteiger partial charge in [-0.15, -0.1) is 0 Å². The Morgan fingerprint density at radius 2 is 1.91 bits per heavy atom. The standard InChI is InChI=1S/C7H16N2O2/c1-5(2-8)9-3-6(10)7(11)4-9/h5-7,10-11H,2-4,8H2,1H3. The minimum absolute atomic E-state index is 0.252. The molecule has 66 valence electrons. The molecule has 1 aliphatic heterocycles. The predicted molar refractivity (Wildman–Crippen MR) is 42.1 cm³/mol. The molecule has 0 aromatic rings. The number of aliphatic hydroxyl groups is 2. The maximum Gasteiger partial charge on any atom is 0.0938 e. The highest BCUT2D eigenvalue weighted by atomic mass is 16.3. The van der Waals surface area contributed by atoms with Crippen LogP contribution in [0.1, 0.15) is 6.92 Å². The summed E-state index contributed by atoms with van der Waals surface area (Å²) in [6, 6.07) is 0.252. The van der Waals surface area contributed by atoms with Gasteiger partial charge in [0.15, 0.2) is 0 Å². The Balaban J connectivity index is 2.40. The fourth-order valence-corrected chi connectivity index (χ4v) is 1.31. The largest absolute Gasteiger partial charge is 0.389 e. The number of nitrogens with zero attached hydrogens (tertiary/aromatic N) is 1. The zero-order chi connectivity index (χ0) is 8.43. The Morgan fingerprint density at radius 3 is 2.27 bits per heavy atom. The molecule has 1 aliphatic rings. The van der Waals surface area contributed by atoms with E-state index >= 15 is 0 Å². The minimum Gasteiger partial charge on any atom is -0.389 e. The van der Waals surface area contributed by atoms with Crippen LogP contribution >= 0.6 is 0 Å². The molecule has 0 amide bonds. The summed E-state index contributed by atoms with van der Waals surface area (Å²) in [4.78, 5) is 2.00. The van der Waals surface area contributed by atoms with Gasteiger partial charge in [-0.1, -0.05) is 0 Å². The number of likely N-dealkylation sites (tertiary alicyclic amines) is 1. The van der Waals surface area contributed by atoms with Gasteiger partial charge in [-0.3, -0.25) is 4.90 Å². The molecule has 0 saturated carbocycles. The van der Waals surface area contributed by atoms with E-state index in [4.69, 9.17) is 5.73 Å². The highest BCUT2D eigenvalue weighted by Crippen LogP contribution is 2.12. The van der Waals surface area contributed by atoms with Crippen molar-refractivity contribution in [3.8, 4) is 0 Å². The van der Waals surface area contributed by atoms with Gasteiger partial charge in [0.05, 0.1) is 12.2 Å². The Bertz CT molecular complexity index is 122. The van der Waals surface area contributed by atoms with Crippen LogP contribution in [0.3, 0.4) is 0 Å². The lowest BCUT2D eigenvalue weighted by Crippen LogP contribution is -2.37. The molecule has 4 N–H and O–H groups in total. The van der Waals surface area contributed by atoms with Crippen molar-refractivity contribution in [1.29, 1.82) is 0 Å². The van der Waals surface area contributed by atoms with E-state index in [0.717, 1.165) is 0 Å². The van der Waals surface area contributed by atoms with E-state index in [1.54, 1.807) is 0 Å². The van der Waals surface area contributed by atoms with Gasteiger partial charge in [0, 0.05) is 25.7 Å². The van der Waals surface area contributed by atoms with Crippen LogP contribution in [0.15, 0.2) is 0 Å². The molecule has 0 bridgehead atoms. The van der Waals surface area contributed by atoms with Crippen LogP contribution in [0.2, 0.25) is 0 Å². The first-order valence-electron chi connectivity index (χ1n) is 3.95. The summed E-state index contributed by atoms with van der Waals surface area (Å²) in [5, 5.41) is 18.4. The first-order chi connectivity index (χ1) is 5.15. The molecule has 1 heterocycles. The van der Waals surface area contributed by atoms with Gasteiger partial charge in [-0.25, -0.2) is 0 Å². The van der Waals surface area contributed by atoms with Crippen molar-refractivity contribution in [1.82, 2.24) is 4.90 Å². The lowest BCUT2D eigenvalue weighted by molar-refractivity contribution is 0.0572. The number of aliphatic hydroxyl groups excluding tert-OH is 2. The van der Waals surface area contributed by atoms with Gasteiger partial charge in [0.25, 0.3) is 0 Å². The van der Waals surface area contributed by atoms with Crippen molar-refractivity contribution in [3.05, 3.63) is 0 Å². The number of hydrogen-bond donors (Lipinski definition) is 3. The third-order valence-corrected chi connectivity index (χ3v) is 2.25. The summed E-state index contributed by atoms with van der Waals surface area (Å²) >= 11 is 0. The normalized spacial score (nSPS) is 36.0. The van der Waals surface area contributed by atoms with Crippen LogP contribution in [-0.4, -0.2) is 53.0 Å². The second-order valence-electron chi connectivity index (χ2n) is 3.17. The molecule has 4 nitrogen and oxygen atoms in total. The molecule has 0 spiro atoms. The molecule has 0 radical (unpaired) electrons. The van der Waals surface area contributed by atoms with Gasteiger partial charge in [0.1, 0.15) is 0 Å². The smallest absolute Gasteiger partial charge is 0.0938 e. The van der Waals surface area contributed by atoms with Crippen LogP contribution in [-0.2, 0) is 0 Å². The monoisotopic (exact) mass is 160 g/mol. The third-order valence-electron chi connectivity index (χ3n) is 2.25. The molecule has 4 heteroatoms. The molecular formula is C7H16N2O2. The van der Waals surface area contributed by atoms with Gasteiger partial charge in [0.2, 0.25) is 0 Å². The fraction of sp³-hybridized carbons (Fsp3) is 1.00. The highest BCUT2D eigenvalue weighted by Gasteiger charge is 2.31. The molecule has 3 atom stereocenters. The van der Waals surface area contributed by atoms with E-state index in [-0.39, 0.29) is 6.04 Å². The molecular weight excluding hydrogens is 144 g/mol. The third kappa shape index (κ3) is 1.90. The van der Waals surface area contributed by atoms with Crippen molar-refractivity contribution in [3.63, 3.8) is 0 Å². The summed E-state index contributed by atoms with van der Waals surface area (Å²) in [5.74, 6) is 0. The van der Waals surface area contributed by atoms with E-state index in [2.05, 4.69) is 0 Å². The van der Waals surface area contributed by atoms with E-state index in [0.29, 0.717) is 19.6 Å². The van der Waals surface area contributed by atoms with E-state index in [1.807, 2.05) is 11.8 Å². The van der Waals surface area contributed by atoms with Crippen molar-refractivity contribution in [2.24, 2.45) is 5.73 Å². The summed E-state index contributed by atoms with van der Waals surface area (Å²) in [6.07, 6.45) is -1.19. The van der Waals surface area contributed by atoms with Crippen LogP contribution in [0.25, 0.3) is 0 Å². The Kier molecular flexibility index (Phi) is 2.84. The molecule has 0 aromatic carbocycles. The van der Waals surface area contributed by atoms with Crippen molar-refractivity contribution in [2.45, 2.75) is 25.2 Å². The average Bonchev–Trinajstić information content (AvgIpc) is 2.31. The minimum atomic E-state index is -0.594. The SMILES string of the molecule is CC(CN)N1CC(O)C(O)C1. The van der Waals surface area contributed by atoms with Gasteiger partial charge < -0.3 is 15.9 Å². The molecule has 1 fully saturated rings. The maximum absolute atomic E-state index is 9.18. The Hall–Kier alpha value is -0.160. The maximum atomic E-state index is 9.18. The Labute approximate surface area is 66.6 Å². The van der Waals surface area contributed by atoms with Crippen molar-refractivity contribution >= 4 is 0 Å². The van der Waals surface area contributed by atoms with Crippen molar-refractivity contribution < 1.29 is 10.2 Å². The first kappa shape index (κ1) is 8.93. The lowest BCUT2D eigenvalue weighted by atomic mass is 10.3. The van der Waals surface area contributed by atoms with Crippen LogP contribution in [0, 0.1) is 0 Å². The molecule has 11 heavy (non-hydrogen) atoms. The van der Waals surface area contributed by atoms with Gasteiger partial charge in [-0.05, 0) is 6.92 Å². The number of hydrogen-bond acceptors (Lipinski definition) is 4. The van der Waals surface area contributed by atoms with Crippen LogP contribution in [0.5, 0.6) is 0 Å². The number of β-amino-alcohol motifs (C(OH)–C–C–N with tert-alkyl or cyclic N) is 2. The Morgan fingerprint density at radius 1 is 1.45 bits per heavy atom. The van der Waals surface area contributed by atoms with E-state index in [9.17, 15) is 10.2 Å². The molecule has 1 saturated heterocycles. The molecule has 0 aromatic heterocycles. The average molecular weight is 160 g/mol. The lowest BCUT2D eigenvalue weighted by Gasteiger charge is -2.21. The number of rotatable bonds is 2. The zero-order valence-electron chi connectivity index (χ0n) is 6.77. The van der Waals surface area contributed by atoms with E-state index in [1.165, 1.54) is 0 Å². The van der Waals surface area contributed by atoms with Crippen LogP contribution in [0.4, 0.5) is 0 Å². The first-order valence-corrected chi connectivity index (χ1v) is 3.95. The molecule has 0 aliphatic carbocycles. The topological polar surface area (TPSA) is 69.7 Å². The molecule has 1 rings (SSSR count). The van der Waals surface area contributed by atoms with Gasteiger partial charge in [-0.2, -0.15) is 0 Å². The summed E-state index contributed by atoms with van der Waals surface area (Å²) in [5.41, 5.74) is 5.44. The molecule has 3 unspecified atom stereocenters. The summed E-state index contributed by atoms with van der Waals surface area (Å²) in [6.45, 7) is 3.64. The quantitative estimate of drug-likeness (QED) is 0.453. The highest BCUT2D eigenvalue weighted by molar-refractivity contribution is 4.86. The van der Waals surface area contributed by atoms with Gasteiger partial charge >= 0.3 is 0 Å². The fourth-order valence-electron chi connectivity index (χ4n) is 1.31. The second-order valence-corrected chi connectivity index (χ2v) is 3.17. The predicted octanol–water partition coefficient (Wildman–Crippen LogP) is -1.63. The second kappa shape index (κ2) is 3.49. The van der Waals surface area contributed by atoms with Crippen molar-refractivity contribution in [2.75, 3.05) is 19.6 Å². The summed E-state index contributed by atoms with van der Waals surface area (Å²) < 4.78 is 0.